The molecule has 0 aliphatic rings. The lowest BCUT2D eigenvalue weighted by molar-refractivity contribution is -0.274. The first-order valence-corrected chi connectivity index (χ1v) is 8.20. The number of nitrogens with one attached hydrogen (secondary N) is 2. The number of hydrogen-bond acceptors (Lipinski definition) is 5. The average Bonchev–Trinajstić information content (AvgIpc) is 3.03. The number of pyridine rings is 1. The lowest BCUT2D eigenvalue weighted by atomic mass is 10.0. The van der Waals surface area contributed by atoms with E-state index in [0.29, 0.717) is 17.3 Å². The van der Waals surface area contributed by atoms with Crippen molar-refractivity contribution in [3.63, 3.8) is 0 Å². The predicted molar refractivity (Wildman–Crippen MR) is 100 cm³/mol. The van der Waals surface area contributed by atoms with Gasteiger partial charge in [0.15, 0.2) is 5.82 Å². The molecule has 2 aromatic heterocycles. The van der Waals surface area contributed by atoms with Crippen LogP contribution in [0.3, 0.4) is 0 Å². The monoisotopic (exact) mass is 385 g/mol. The molecule has 0 spiro atoms. The Morgan fingerprint density at radius 2 is 1.71 bits per heavy atom. The number of alkyl halides is 3. The van der Waals surface area contributed by atoms with Crippen LogP contribution in [0.1, 0.15) is 0 Å². The summed E-state index contributed by atoms with van der Waals surface area (Å²) in [6.07, 6.45) is -3.08. The highest BCUT2D eigenvalue weighted by Crippen LogP contribution is 2.29. The van der Waals surface area contributed by atoms with Crippen molar-refractivity contribution in [1.82, 2.24) is 15.2 Å². The summed E-state index contributed by atoms with van der Waals surface area (Å²) in [5, 5.41) is 10.7. The van der Waals surface area contributed by atoms with Gasteiger partial charge in [0.25, 0.3) is 0 Å². The standard InChI is InChI=1S/C19H14F3N5O/c20-19(21,22)28-14-4-2-13(3-5-14)25-17-10-12(7-8-24-17)11-1-6-16-15(9-11)18(23)27-26-16/h1-10H,(H,24,25)(H3,23,26,27). The summed E-state index contributed by atoms with van der Waals surface area (Å²) in [4.78, 5) is 4.25. The van der Waals surface area contributed by atoms with E-state index < -0.39 is 6.36 Å². The normalized spacial score (nSPS) is 11.5. The fraction of sp³-hybridized carbons (Fsp3) is 0.0526. The Labute approximate surface area is 157 Å². The molecule has 0 amide bonds. The van der Waals surface area contributed by atoms with Crippen LogP contribution in [0.4, 0.5) is 30.5 Å². The zero-order valence-electron chi connectivity index (χ0n) is 14.3. The molecule has 0 radical (unpaired) electrons. The van der Waals surface area contributed by atoms with Crippen LogP contribution in [-0.2, 0) is 0 Å². The number of aromatic nitrogens is 3. The first-order chi connectivity index (χ1) is 13.4. The van der Waals surface area contributed by atoms with Crippen molar-refractivity contribution < 1.29 is 17.9 Å². The second-order valence-corrected chi connectivity index (χ2v) is 6.00. The number of hydrogen-bond donors (Lipinski definition) is 3. The number of H-pyrrole nitrogens is 1. The summed E-state index contributed by atoms with van der Waals surface area (Å²) in [7, 11) is 0. The molecule has 142 valence electrons. The van der Waals surface area contributed by atoms with Gasteiger partial charge >= 0.3 is 6.36 Å². The van der Waals surface area contributed by atoms with Crippen molar-refractivity contribution in [2.24, 2.45) is 0 Å². The Morgan fingerprint density at radius 1 is 0.964 bits per heavy atom. The van der Waals surface area contributed by atoms with Crippen molar-refractivity contribution in [1.29, 1.82) is 0 Å². The van der Waals surface area contributed by atoms with Crippen LogP contribution >= 0.6 is 0 Å². The van der Waals surface area contributed by atoms with Gasteiger partial charge in [0.2, 0.25) is 0 Å². The topological polar surface area (TPSA) is 88.9 Å². The summed E-state index contributed by atoms with van der Waals surface area (Å²) < 4.78 is 40.6. The van der Waals surface area contributed by atoms with Crippen LogP contribution < -0.4 is 15.8 Å². The van der Waals surface area contributed by atoms with Crippen molar-refractivity contribution in [2.45, 2.75) is 6.36 Å². The third kappa shape index (κ3) is 3.83. The maximum absolute atomic E-state index is 12.2. The van der Waals surface area contributed by atoms with E-state index in [4.69, 9.17) is 5.73 Å². The van der Waals surface area contributed by atoms with Gasteiger partial charge < -0.3 is 15.8 Å². The number of aromatic amines is 1. The molecule has 28 heavy (non-hydrogen) atoms. The van der Waals surface area contributed by atoms with Crippen LogP contribution in [0.15, 0.2) is 60.8 Å². The van der Waals surface area contributed by atoms with Crippen molar-refractivity contribution >= 4 is 28.2 Å². The minimum Gasteiger partial charge on any atom is -0.406 e. The van der Waals surface area contributed by atoms with E-state index in [1.165, 1.54) is 24.3 Å². The summed E-state index contributed by atoms with van der Waals surface area (Å²) in [6, 6.07) is 14.9. The molecule has 0 aliphatic carbocycles. The average molecular weight is 385 g/mol. The van der Waals surface area contributed by atoms with E-state index >= 15 is 0 Å². The summed E-state index contributed by atoms with van der Waals surface area (Å²) in [5.74, 6) is 0.679. The van der Waals surface area contributed by atoms with Crippen molar-refractivity contribution in [3.8, 4) is 16.9 Å². The fourth-order valence-electron chi connectivity index (χ4n) is 2.78. The van der Waals surface area contributed by atoms with Gasteiger partial charge in [0.1, 0.15) is 11.6 Å². The highest BCUT2D eigenvalue weighted by molar-refractivity contribution is 5.92. The Kier molecular flexibility index (Phi) is 4.26. The van der Waals surface area contributed by atoms with E-state index in [-0.39, 0.29) is 5.75 Å². The van der Waals surface area contributed by atoms with Gasteiger partial charge in [-0.1, -0.05) is 6.07 Å². The molecule has 2 aromatic carbocycles. The van der Waals surface area contributed by atoms with Gasteiger partial charge in [-0.2, -0.15) is 5.10 Å². The number of benzene rings is 2. The van der Waals surface area contributed by atoms with Gasteiger partial charge in [-0.3, -0.25) is 5.10 Å². The molecular formula is C19H14F3N5O. The molecule has 0 unspecified atom stereocenters. The lowest BCUT2D eigenvalue weighted by Gasteiger charge is -2.11. The van der Waals surface area contributed by atoms with Gasteiger partial charge in [0, 0.05) is 17.3 Å². The maximum Gasteiger partial charge on any atom is 0.573 e. The first-order valence-electron chi connectivity index (χ1n) is 8.20. The highest BCUT2D eigenvalue weighted by Gasteiger charge is 2.30. The van der Waals surface area contributed by atoms with E-state index in [9.17, 15) is 13.2 Å². The number of fused-ring (bicyclic) bond motifs is 1. The fourth-order valence-corrected chi connectivity index (χ4v) is 2.78. The quantitative estimate of drug-likeness (QED) is 0.467. The number of nitrogens with two attached hydrogens (primary N) is 1. The molecule has 0 aliphatic heterocycles. The minimum atomic E-state index is -4.72. The van der Waals surface area contributed by atoms with Crippen LogP contribution in [0.2, 0.25) is 0 Å². The molecule has 4 rings (SSSR count). The number of nitrogens with zero attached hydrogens (tertiary/aromatic N) is 2. The van der Waals surface area contributed by atoms with Gasteiger partial charge in [-0.15, -0.1) is 13.2 Å². The molecule has 9 heteroatoms. The zero-order chi connectivity index (χ0) is 19.7. The van der Waals surface area contributed by atoms with E-state index in [1.54, 1.807) is 6.20 Å². The summed E-state index contributed by atoms with van der Waals surface area (Å²) >= 11 is 0. The molecule has 0 atom stereocenters. The Balaban J connectivity index is 1.55. The molecule has 2 heterocycles. The van der Waals surface area contributed by atoms with Crippen molar-refractivity contribution in [2.75, 3.05) is 11.1 Å². The van der Waals surface area contributed by atoms with E-state index in [2.05, 4.69) is 25.2 Å². The second-order valence-electron chi connectivity index (χ2n) is 6.00. The van der Waals surface area contributed by atoms with Gasteiger partial charge in [0.05, 0.1) is 5.52 Å². The number of nitrogen functional groups attached to an aromatic ring is 1. The molecule has 0 saturated carbocycles. The van der Waals surface area contributed by atoms with Gasteiger partial charge in [-0.25, -0.2) is 4.98 Å². The first kappa shape index (κ1) is 17.7. The molecule has 0 saturated heterocycles. The third-order valence-corrected chi connectivity index (χ3v) is 4.05. The SMILES string of the molecule is Nc1n[nH]c2ccc(-c3ccnc(Nc4ccc(OC(F)(F)F)cc4)c3)cc12. The maximum atomic E-state index is 12.2. The van der Waals surface area contributed by atoms with Crippen LogP contribution in [0, 0.1) is 0 Å². The molecular weight excluding hydrogens is 371 g/mol. The summed E-state index contributed by atoms with van der Waals surface area (Å²) in [5.41, 5.74) is 9.11. The van der Waals surface area contributed by atoms with Crippen LogP contribution in [0.25, 0.3) is 22.0 Å². The molecule has 4 N–H and O–H groups in total. The largest absolute Gasteiger partial charge is 0.573 e. The van der Waals surface area contributed by atoms with E-state index in [0.717, 1.165) is 22.0 Å². The van der Waals surface area contributed by atoms with Crippen molar-refractivity contribution in [3.05, 3.63) is 60.8 Å². The van der Waals surface area contributed by atoms with Crippen LogP contribution in [-0.4, -0.2) is 21.5 Å². The van der Waals surface area contributed by atoms with Gasteiger partial charge in [-0.05, 0) is 59.7 Å². The summed E-state index contributed by atoms with van der Waals surface area (Å²) in [6.45, 7) is 0. The predicted octanol–water partition coefficient (Wildman–Crippen LogP) is 4.85. The molecule has 0 bridgehead atoms. The smallest absolute Gasteiger partial charge is 0.406 e. The molecule has 6 nitrogen and oxygen atoms in total. The molecule has 0 fully saturated rings. The Hall–Kier alpha value is -3.75. The number of halogens is 3. The minimum absolute atomic E-state index is 0.286. The Bertz CT molecular complexity index is 1120. The zero-order valence-corrected chi connectivity index (χ0v) is 14.3. The number of anilines is 3. The van der Waals surface area contributed by atoms with Crippen LogP contribution in [0.5, 0.6) is 5.75 Å². The van der Waals surface area contributed by atoms with E-state index in [1.807, 2.05) is 30.3 Å². The highest BCUT2D eigenvalue weighted by atomic mass is 19.4. The lowest BCUT2D eigenvalue weighted by Crippen LogP contribution is -2.16. The molecule has 4 aromatic rings. The number of rotatable bonds is 4. The number of ether oxygens (including phenoxy) is 1. The second kappa shape index (κ2) is 6.76. The third-order valence-electron chi connectivity index (χ3n) is 4.05. The Morgan fingerprint density at radius 3 is 2.46 bits per heavy atom.